The molecular weight excluding hydrogens is 476 g/mol. The average molecular weight is 512 g/mol. The number of aryl methyl sites for hydroxylation is 2. The van der Waals surface area contributed by atoms with Gasteiger partial charge in [0.05, 0.1) is 16.7 Å². The first-order valence-corrected chi connectivity index (χ1v) is 12.1. The molecule has 0 radical (unpaired) electrons. The van der Waals surface area contributed by atoms with Crippen LogP contribution in [0.15, 0.2) is 95.5 Å². The highest BCUT2D eigenvalue weighted by atomic mass is 19.1. The van der Waals surface area contributed by atoms with Crippen LogP contribution in [-0.4, -0.2) is 0 Å². The normalized spacial score (nSPS) is 15.3. The van der Waals surface area contributed by atoms with Gasteiger partial charge in [-0.25, -0.2) is 13.3 Å². The fourth-order valence-electron chi connectivity index (χ4n) is 5.11. The Morgan fingerprint density at radius 3 is 2.21 bits per heavy atom. The van der Waals surface area contributed by atoms with Gasteiger partial charge in [0.25, 0.3) is 0 Å². The van der Waals surface area contributed by atoms with Gasteiger partial charge in [-0.15, -0.1) is 0 Å². The largest absolute Gasteiger partial charge is 0.454 e. The van der Waals surface area contributed by atoms with Crippen molar-refractivity contribution in [3.8, 4) is 33.5 Å². The first-order valence-electron chi connectivity index (χ1n) is 15.6. The van der Waals surface area contributed by atoms with Crippen LogP contribution in [-0.2, 0) is 7.05 Å². The number of fused-ring (bicyclic) bond motifs is 3. The van der Waals surface area contributed by atoms with E-state index in [0.717, 1.165) is 23.4 Å². The van der Waals surface area contributed by atoms with Crippen LogP contribution >= 0.6 is 0 Å². The van der Waals surface area contributed by atoms with Crippen molar-refractivity contribution in [2.45, 2.75) is 26.5 Å². The minimum Gasteiger partial charge on any atom is -0.454 e. The van der Waals surface area contributed by atoms with Crippen LogP contribution in [0.2, 0.25) is 0 Å². The molecule has 0 N–H and O–H groups in total. The molecule has 0 fully saturated rings. The highest BCUT2D eigenvalue weighted by Gasteiger charge is 2.25. The lowest BCUT2D eigenvalue weighted by Gasteiger charge is -2.09. The molecule has 6 rings (SSSR count). The molecule has 0 atom stereocenters. The van der Waals surface area contributed by atoms with E-state index in [2.05, 4.69) is 0 Å². The third-order valence-electron chi connectivity index (χ3n) is 6.97. The molecule has 0 amide bonds. The standard InChI is InChI=1S/C34H28F2NO/c1-20(2)27-19-37(4)30(18-29(27)36)31-21(3)13-14-25-26-15-16-28(35)32(34(26)38-33(25)31)24-12-8-11-23(17-24)22-9-6-5-7-10-22/h5-20H,1-4H3/q+1/i1D3,2D3,20D. The Hall–Kier alpha value is -4.31. The van der Waals surface area contributed by atoms with E-state index in [-0.39, 0.29) is 11.3 Å². The minimum atomic E-state index is -3.35. The van der Waals surface area contributed by atoms with Crippen LogP contribution in [0.4, 0.5) is 8.78 Å². The smallest absolute Gasteiger partial charge is 0.219 e. The Balaban J connectivity index is 1.58. The molecule has 6 aromatic rings. The molecule has 188 valence electrons. The number of pyridine rings is 1. The van der Waals surface area contributed by atoms with E-state index in [0.29, 0.717) is 38.6 Å². The fourth-order valence-corrected chi connectivity index (χ4v) is 5.11. The second-order valence-corrected chi connectivity index (χ2v) is 9.39. The lowest BCUT2D eigenvalue weighted by Crippen LogP contribution is -2.32. The van der Waals surface area contributed by atoms with Crippen molar-refractivity contribution in [1.29, 1.82) is 0 Å². The summed E-state index contributed by atoms with van der Waals surface area (Å²) < 4.78 is 94.6. The molecular formula is C34H28F2NO+. The molecule has 4 heteroatoms. The van der Waals surface area contributed by atoms with Gasteiger partial charge in [-0.2, -0.15) is 0 Å². The van der Waals surface area contributed by atoms with Gasteiger partial charge in [0.1, 0.15) is 29.8 Å². The molecule has 0 spiro atoms. The molecule has 2 heterocycles. The van der Waals surface area contributed by atoms with Crippen molar-refractivity contribution in [3.63, 3.8) is 0 Å². The van der Waals surface area contributed by atoms with Crippen molar-refractivity contribution in [3.05, 3.63) is 114 Å². The zero-order valence-electron chi connectivity index (χ0n) is 27.8. The van der Waals surface area contributed by atoms with E-state index in [1.54, 1.807) is 19.1 Å². The van der Waals surface area contributed by atoms with Gasteiger partial charge in [-0.3, -0.25) is 0 Å². The summed E-state index contributed by atoms with van der Waals surface area (Å²) in [6.45, 7) is -4.90. The summed E-state index contributed by atoms with van der Waals surface area (Å²) in [4.78, 5) is 0. The summed E-state index contributed by atoms with van der Waals surface area (Å²) in [5.41, 5.74) is 4.03. The Kier molecular flexibility index (Phi) is 4.18. The van der Waals surface area contributed by atoms with E-state index in [1.807, 2.05) is 60.7 Å². The number of hydrogen-bond donors (Lipinski definition) is 0. The SMILES string of the molecule is [2H]C([2H])([2H])C([2H])(c1c[n+](C)c(-c2c(C)ccc3c2oc2c(-c4cccc(-c5ccccc5)c4)c(F)ccc23)cc1F)C([2H])([2H])[2H]. The van der Waals surface area contributed by atoms with Gasteiger partial charge >= 0.3 is 0 Å². The summed E-state index contributed by atoms with van der Waals surface area (Å²) in [7, 11) is 1.51. The summed E-state index contributed by atoms with van der Waals surface area (Å²) in [5.74, 6) is -4.84. The Morgan fingerprint density at radius 2 is 1.45 bits per heavy atom. The lowest BCUT2D eigenvalue weighted by atomic mass is 9.96. The van der Waals surface area contributed by atoms with Crippen molar-refractivity contribution < 1.29 is 27.4 Å². The van der Waals surface area contributed by atoms with Crippen LogP contribution in [0, 0.1) is 18.6 Å². The van der Waals surface area contributed by atoms with Crippen LogP contribution < -0.4 is 4.57 Å². The van der Waals surface area contributed by atoms with Crippen molar-refractivity contribution in [2.24, 2.45) is 7.05 Å². The number of nitrogens with zero attached hydrogens (tertiary/aromatic N) is 1. The molecule has 0 saturated carbocycles. The van der Waals surface area contributed by atoms with Gasteiger partial charge in [0.15, 0.2) is 6.20 Å². The fraction of sp³-hybridized carbons (Fsp3) is 0.147. The van der Waals surface area contributed by atoms with E-state index in [1.165, 1.54) is 17.7 Å². The molecule has 0 aliphatic rings. The highest BCUT2D eigenvalue weighted by Crippen LogP contribution is 2.42. The number of hydrogen-bond acceptors (Lipinski definition) is 1. The molecule has 2 aromatic heterocycles. The van der Waals surface area contributed by atoms with Gasteiger partial charge in [-0.05, 0) is 53.3 Å². The van der Waals surface area contributed by atoms with Gasteiger partial charge < -0.3 is 4.42 Å². The number of benzene rings is 4. The Morgan fingerprint density at radius 1 is 0.763 bits per heavy atom. The van der Waals surface area contributed by atoms with Crippen molar-refractivity contribution in [2.75, 3.05) is 0 Å². The van der Waals surface area contributed by atoms with Crippen LogP contribution in [0.25, 0.3) is 55.4 Å². The number of aromatic nitrogens is 1. The summed E-state index contributed by atoms with van der Waals surface area (Å²) in [5, 5.41) is 1.29. The first-order chi connectivity index (χ1) is 21.1. The molecule has 0 bridgehead atoms. The number of halogens is 2. The molecule has 38 heavy (non-hydrogen) atoms. The second kappa shape index (κ2) is 9.21. The minimum absolute atomic E-state index is 0.255. The first kappa shape index (κ1) is 17.2. The van der Waals surface area contributed by atoms with Crippen molar-refractivity contribution in [1.82, 2.24) is 0 Å². The van der Waals surface area contributed by atoms with Gasteiger partial charge in [0.2, 0.25) is 5.69 Å². The van der Waals surface area contributed by atoms with Gasteiger partial charge in [0, 0.05) is 26.4 Å². The third kappa shape index (κ3) is 3.88. The van der Waals surface area contributed by atoms with E-state index in [4.69, 9.17) is 14.0 Å². The predicted octanol–water partition coefficient (Wildman–Crippen LogP) is 9.12. The van der Waals surface area contributed by atoms with E-state index in [9.17, 15) is 0 Å². The van der Waals surface area contributed by atoms with E-state index < -0.39 is 36.8 Å². The zero-order valence-corrected chi connectivity index (χ0v) is 20.8. The lowest BCUT2D eigenvalue weighted by molar-refractivity contribution is -0.661. The molecule has 2 nitrogen and oxygen atoms in total. The zero-order chi connectivity index (χ0) is 32.5. The van der Waals surface area contributed by atoms with E-state index >= 15 is 8.78 Å². The van der Waals surface area contributed by atoms with Gasteiger partial charge in [-0.1, -0.05) is 74.4 Å². The average Bonchev–Trinajstić information content (AvgIpc) is 3.35. The molecule has 0 aliphatic carbocycles. The second-order valence-electron chi connectivity index (χ2n) is 9.39. The maximum Gasteiger partial charge on any atom is 0.219 e. The topological polar surface area (TPSA) is 17.0 Å². The highest BCUT2D eigenvalue weighted by molar-refractivity contribution is 6.13. The Bertz CT molecular complexity index is 2090. The molecule has 0 saturated heterocycles. The monoisotopic (exact) mass is 511 g/mol. The Labute approximate surface area is 230 Å². The van der Waals surface area contributed by atoms with Crippen LogP contribution in [0.3, 0.4) is 0 Å². The quantitative estimate of drug-likeness (QED) is 0.216. The predicted molar refractivity (Wildman–Crippen MR) is 150 cm³/mol. The summed E-state index contributed by atoms with van der Waals surface area (Å²) in [6, 6.07) is 24.9. The third-order valence-corrected chi connectivity index (χ3v) is 6.97. The summed E-state index contributed by atoms with van der Waals surface area (Å²) in [6.07, 6.45) is 1.04. The molecule has 4 aromatic carbocycles. The maximum atomic E-state index is 15.8. The number of rotatable bonds is 4. The molecule has 0 aliphatic heterocycles. The number of furan rings is 1. The van der Waals surface area contributed by atoms with Crippen LogP contribution in [0.1, 0.15) is 40.3 Å². The maximum absolute atomic E-state index is 15.8. The molecule has 0 unspecified atom stereocenters. The van der Waals surface area contributed by atoms with Crippen LogP contribution in [0.5, 0.6) is 0 Å². The van der Waals surface area contributed by atoms with Crippen molar-refractivity contribution >= 4 is 21.9 Å². The summed E-state index contributed by atoms with van der Waals surface area (Å²) >= 11 is 0.